The topological polar surface area (TPSA) is 104 Å². The van der Waals surface area contributed by atoms with E-state index in [4.69, 9.17) is 5.73 Å². The van der Waals surface area contributed by atoms with Crippen LogP contribution in [0.25, 0.3) is 11.1 Å². The van der Waals surface area contributed by atoms with Gasteiger partial charge in [-0.3, -0.25) is 14.7 Å². The normalized spacial score (nSPS) is 15.3. The molecule has 1 aliphatic heterocycles. The molecule has 0 bridgehead atoms. The molecule has 7 heteroatoms. The van der Waals surface area contributed by atoms with Gasteiger partial charge in [-0.15, -0.1) is 0 Å². The molecule has 1 aromatic carbocycles. The van der Waals surface area contributed by atoms with Crippen LogP contribution in [0.4, 0.5) is 11.5 Å². The van der Waals surface area contributed by atoms with E-state index in [-0.39, 0.29) is 0 Å². The monoisotopic (exact) mass is 271 g/mol. The Morgan fingerprint density at radius 1 is 1.20 bits per heavy atom. The predicted molar refractivity (Wildman–Crippen MR) is 73.8 cm³/mol. The Kier molecular flexibility index (Phi) is 2.86. The van der Waals surface area contributed by atoms with Crippen LogP contribution in [0.15, 0.2) is 30.5 Å². The van der Waals surface area contributed by atoms with Crippen molar-refractivity contribution in [3.8, 4) is 11.1 Å². The van der Waals surface area contributed by atoms with Gasteiger partial charge < -0.3 is 16.0 Å². The summed E-state index contributed by atoms with van der Waals surface area (Å²) in [6.07, 6.45) is 1.60. The molecule has 0 aliphatic carbocycles. The van der Waals surface area contributed by atoms with Crippen LogP contribution < -0.4 is 16.0 Å². The number of aromatic amines is 1. The Hall–Kier alpha value is -2.83. The number of nitrogen functional groups attached to an aromatic ring is 1. The maximum Gasteiger partial charge on any atom is 0.316 e. The van der Waals surface area contributed by atoms with E-state index in [0.29, 0.717) is 30.2 Å². The lowest BCUT2D eigenvalue weighted by molar-refractivity contribution is -0.138. The summed E-state index contributed by atoms with van der Waals surface area (Å²) in [7, 11) is 0. The minimum absolute atomic E-state index is 0.423. The lowest BCUT2D eigenvalue weighted by Gasteiger charge is -2.28. The number of nitrogens with zero attached hydrogens (tertiary/aromatic N) is 2. The van der Waals surface area contributed by atoms with Gasteiger partial charge in [0.1, 0.15) is 5.82 Å². The van der Waals surface area contributed by atoms with Gasteiger partial charge in [0.15, 0.2) is 0 Å². The fraction of sp³-hybridized carbons (Fsp3) is 0.154. The lowest BCUT2D eigenvalue weighted by atomic mass is 10.0. The predicted octanol–water partition coefficient (Wildman–Crippen LogP) is 0.122. The SMILES string of the molecule is Nc1[nH]ncc1-c1ccccc1N1CCNC(=O)C1=O. The number of rotatable bonds is 2. The Labute approximate surface area is 114 Å². The van der Waals surface area contributed by atoms with E-state index in [1.807, 2.05) is 18.2 Å². The second-order valence-corrected chi connectivity index (χ2v) is 4.43. The molecule has 1 aliphatic rings. The maximum absolute atomic E-state index is 12.0. The number of H-pyrrole nitrogens is 1. The zero-order chi connectivity index (χ0) is 14.1. The highest BCUT2D eigenvalue weighted by Crippen LogP contribution is 2.33. The number of nitrogens with one attached hydrogen (secondary N) is 2. The van der Waals surface area contributed by atoms with Crippen molar-refractivity contribution in [1.29, 1.82) is 0 Å². The molecular formula is C13H13N5O2. The molecule has 0 spiro atoms. The summed E-state index contributed by atoms with van der Waals surface area (Å²) in [5.74, 6) is -0.733. The summed E-state index contributed by atoms with van der Waals surface area (Å²) in [4.78, 5) is 24.9. The van der Waals surface area contributed by atoms with E-state index in [0.717, 1.165) is 5.56 Å². The zero-order valence-electron chi connectivity index (χ0n) is 10.6. The number of nitrogens with two attached hydrogens (primary N) is 1. The zero-order valence-corrected chi connectivity index (χ0v) is 10.6. The minimum Gasteiger partial charge on any atom is -0.384 e. The number of aromatic nitrogens is 2. The Morgan fingerprint density at radius 2 is 2.00 bits per heavy atom. The third-order valence-electron chi connectivity index (χ3n) is 3.21. The summed E-state index contributed by atoms with van der Waals surface area (Å²) < 4.78 is 0. The molecule has 4 N–H and O–H groups in total. The molecule has 1 saturated heterocycles. The van der Waals surface area contributed by atoms with E-state index < -0.39 is 11.8 Å². The highest BCUT2D eigenvalue weighted by Gasteiger charge is 2.29. The Morgan fingerprint density at radius 3 is 2.75 bits per heavy atom. The van der Waals surface area contributed by atoms with Crippen LogP contribution in [0.5, 0.6) is 0 Å². The first kappa shape index (κ1) is 12.2. The molecule has 20 heavy (non-hydrogen) atoms. The van der Waals surface area contributed by atoms with Crippen LogP contribution in [-0.4, -0.2) is 35.1 Å². The van der Waals surface area contributed by atoms with Gasteiger partial charge >= 0.3 is 11.8 Å². The van der Waals surface area contributed by atoms with Gasteiger partial charge in [-0.2, -0.15) is 5.10 Å². The average molecular weight is 271 g/mol. The quantitative estimate of drug-likeness (QED) is 0.675. The van der Waals surface area contributed by atoms with Gasteiger partial charge in [-0.05, 0) is 6.07 Å². The molecule has 0 unspecified atom stereocenters. The maximum atomic E-state index is 12.0. The van der Waals surface area contributed by atoms with E-state index >= 15 is 0 Å². The number of hydrogen-bond donors (Lipinski definition) is 3. The van der Waals surface area contributed by atoms with Crippen LogP contribution in [0.2, 0.25) is 0 Å². The summed E-state index contributed by atoms with van der Waals surface area (Å²) in [5.41, 5.74) is 7.96. The van der Waals surface area contributed by atoms with E-state index in [1.54, 1.807) is 12.3 Å². The number of para-hydroxylation sites is 1. The van der Waals surface area contributed by atoms with Crippen molar-refractivity contribution < 1.29 is 9.59 Å². The van der Waals surface area contributed by atoms with Crippen LogP contribution in [0.3, 0.4) is 0 Å². The third kappa shape index (κ3) is 1.89. The molecule has 2 heterocycles. The molecule has 2 aromatic rings. The van der Waals surface area contributed by atoms with Gasteiger partial charge in [0.25, 0.3) is 0 Å². The molecule has 7 nitrogen and oxygen atoms in total. The summed E-state index contributed by atoms with van der Waals surface area (Å²) in [6, 6.07) is 7.29. The van der Waals surface area contributed by atoms with Crippen LogP contribution >= 0.6 is 0 Å². The van der Waals surface area contributed by atoms with Crippen molar-refractivity contribution in [3.05, 3.63) is 30.5 Å². The number of hydrogen-bond acceptors (Lipinski definition) is 4. The molecule has 0 radical (unpaired) electrons. The van der Waals surface area contributed by atoms with Gasteiger partial charge in [-0.1, -0.05) is 18.2 Å². The highest BCUT2D eigenvalue weighted by molar-refractivity contribution is 6.41. The molecule has 102 valence electrons. The first-order chi connectivity index (χ1) is 9.68. The van der Waals surface area contributed by atoms with Crippen molar-refractivity contribution in [2.75, 3.05) is 23.7 Å². The summed E-state index contributed by atoms with van der Waals surface area (Å²) in [6.45, 7) is 0.860. The number of piperazine rings is 1. The van der Waals surface area contributed by atoms with E-state index in [1.165, 1.54) is 4.90 Å². The molecular weight excluding hydrogens is 258 g/mol. The number of carbonyl (C=O) groups is 2. The van der Waals surface area contributed by atoms with Gasteiger partial charge in [0.05, 0.1) is 11.9 Å². The van der Waals surface area contributed by atoms with Crippen LogP contribution in [0.1, 0.15) is 0 Å². The Balaban J connectivity index is 2.09. The third-order valence-corrected chi connectivity index (χ3v) is 3.21. The number of amides is 2. The van der Waals surface area contributed by atoms with Crippen LogP contribution in [0, 0.1) is 0 Å². The highest BCUT2D eigenvalue weighted by atomic mass is 16.2. The van der Waals surface area contributed by atoms with Crippen molar-refractivity contribution in [1.82, 2.24) is 15.5 Å². The molecule has 1 aromatic heterocycles. The first-order valence-electron chi connectivity index (χ1n) is 6.16. The summed E-state index contributed by atoms with van der Waals surface area (Å²) in [5, 5.41) is 9.07. The summed E-state index contributed by atoms with van der Waals surface area (Å²) >= 11 is 0. The van der Waals surface area contributed by atoms with Crippen molar-refractivity contribution in [2.45, 2.75) is 0 Å². The largest absolute Gasteiger partial charge is 0.384 e. The Bertz CT molecular complexity index is 679. The lowest BCUT2D eigenvalue weighted by Crippen LogP contribution is -2.52. The van der Waals surface area contributed by atoms with Gasteiger partial charge in [0, 0.05) is 24.2 Å². The van der Waals surface area contributed by atoms with Crippen molar-refractivity contribution in [3.63, 3.8) is 0 Å². The second kappa shape index (κ2) is 4.69. The molecule has 0 saturated carbocycles. The smallest absolute Gasteiger partial charge is 0.316 e. The minimum atomic E-state index is -0.591. The molecule has 3 rings (SSSR count). The first-order valence-corrected chi connectivity index (χ1v) is 6.16. The molecule has 2 amide bonds. The molecule has 0 atom stereocenters. The number of anilines is 2. The van der Waals surface area contributed by atoms with Crippen molar-refractivity contribution >= 4 is 23.3 Å². The standard InChI is InChI=1S/C13H13N5O2/c14-11-9(7-16-17-11)8-3-1-2-4-10(8)18-6-5-15-12(19)13(18)20/h1-4,7H,5-6H2,(H,15,19)(H3,14,16,17). The number of carbonyl (C=O) groups excluding carboxylic acids is 2. The second-order valence-electron chi connectivity index (χ2n) is 4.43. The van der Waals surface area contributed by atoms with Crippen molar-refractivity contribution in [2.24, 2.45) is 0 Å². The van der Waals surface area contributed by atoms with E-state index in [9.17, 15) is 9.59 Å². The average Bonchev–Trinajstić information content (AvgIpc) is 2.88. The molecule has 1 fully saturated rings. The van der Waals surface area contributed by atoms with E-state index in [2.05, 4.69) is 15.5 Å². The number of benzene rings is 1. The van der Waals surface area contributed by atoms with Gasteiger partial charge in [0.2, 0.25) is 0 Å². The van der Waals surface area contributed by atoms with Gasteiger partial charge in [-0.25, -0.2) is 0 Å². The van der Waals surface area contributed by atoms with Crippen LogP contribution in [-0.2, 0) is 9.59 Å². The fourth-order valence-corrected chi connectivity index (χ4v) is 2.26. The fourth-order valence-electron chi connectivity index (χ4n) is 2.26.